The first kappa shape index (κ1) is 13.3. The van der Waals surface area contributed by atoms with E-state index in [2.05, 4.69) is 0 Å². The molecule has 0 radical (unpaired) electrons. The van der Waals surface area contributed by atoms with Crippen LogP contribution in [0.2, 0.25) is 0 Å². The lowest BCUT2D eigenvalue weighted by atomic mass is 10.1. The van der Waals surface area contributed by atoms with Crippen molar-refractivity contribution in [2.45, 2.75) is 68.1 Å². The van der Waals surface area contributed by atoms with Gasteiger partial charge in [0.1, 0.15) is 0 Å². The molecule has 5 heteroatoms. The summed E-state index contributed by atoms with van der Waals surface area (Å²) in [6.45, 7) is 2.42. The molecule has 2 N–H and O–H groups in total. The number of rotatable bonds is 2. The smallest absolute Gasteiger partial charge is 0.160 e. The number of hydrogen-bond acceptors (Lipinski definition) is 4. The van der Waals surface area contributed by atoms with Crippen LogP contribution in [0.5, 0.6) is 0 Å². The van der Waals surface area contributed by atoms with E-state index in [0.717, 1.165) is 32.1 Å². The first-order valence-electron chi connectivity index (χ1n) is 6.63. The Balaban J connectivity index is 2.18. The van der Waals surface area contributed by atoms with E-state index in [1.807, 2.05) is 6.92 Å². The maximum atomic E-state index is 12.6. The Labute approximate surface area is 104 Å². The average Bonchev–Trinajstić information content (AvgIpc) is 2.57. The van der Waals surface area contributed by atoms with E-state index in [-0.39, 0.29) is 22.6 Å². The molecule has 4 unspecified atom stereocenters. The van der Waals surface area contributed by atoms with Gasteiger partial charge in [-0.1, -0.05) is 19.3 Å². The molecule has 0 bridgehead atoms. The molecule has 4 atom stereocenters. The topological polar surface area (TPSA) is 69.4 Å². The van der Waals surface area contributed by atoms with Gasteiger partial charge in [0, 0.05) is 12.6 Å². The van der Waals surface area contributed by atoms with Crippen molar-refractivity contribution in [3.05, 3.63) is 0 Å². The van der Waals surface area contributed by atoms with Crippen LogP contribution in [0.4, 0.5) is 0 Å². The van der Waals surface area contributed by atoms with Crippen LogP contribution in [0.1, 0.15) is 45.4 Å². The minimum Gasteiger partial charge on any atom is -0.377 e. The molecule has 0 amide bonds. The summed E-state index contributed by atoms with van der Waals surface area (Å²) in [4.78, 5) is 0. The van der Waals surface area contributed by atoms with Crippen molar-refractivity contribution in [3.8, 4) is 0 Å². The van der Waals surface area contributed by atoms with Crippen LogP contribution in [0.3, 0.4) is 0 Å². The number of nitrogens with two attached hydrogens (primary N) is 1. The molecule has 0 aromatic rings. The summed E-state index contributed by atoms with van der Waals surface area (Å²) in [5.41, 5.74) is 6.06. The predicted molar refractivity (Wildman–Crippen MR) is 67.6 cm³/mol. The van der Waals surface area contributed by atoms with Crippen molar-refractivity contribution < 1.29 is 13.2 Å². The first-order valence-corrected chi connectivity index (χ1v) is 8.24. The molecule has 0 aromatic carbocycles. The minimum atomic E-state index is -3.13. The van der Waals surface area contributed by atoms with Gasteiger partial charge in [0.05, 0.1) is 16.6 Å². The van der Waals surface area contributed by atoms with Gasteiger partial charge < -0.3 is 10.5 Å². The van der Waals surface area contributed by atoms with E-state index < -0.39 is 9.84 Å². The number of ether oxygens (including phenoxy) is 1. The highest BCUT2D eigenvalue weighted by Crippen LogP contribution is 2.30. The van der Waals surface area contributed by atoms with Crippen molar-refractivity contribution in [2.24, 2.45) is 5.73 Å². The van der Waals surface area contributed by atoms with Crippen LogP contribution in [0.25, 0.3) is 0 Å². The third kappa shape index (κ3) is 2.66. The van der Waals surface area contributed by atoms with Crippen LogP contribution in [0.15, 0.2) is 0 Å². The highest BCUT2D eigenvalue weighted by molar-refractivity contribution is 7.92. The van der Waals surface area contributed by atoms with Crippen molar-refractivity contribution in [3.63, 3.8) is 0 Å². The molecule has 1 aliphatic heterocycles. The Morgan fingerprint density at radius 1 is 1.06 bits per heavy atom. The zero-order chi connectivity index (χ0) is 12.5. The summed E-state index contributed by atoms with van der Waals surface area (Å²) in [7, 11) is -3.13. The Morgan fingerprint density at radius 3 is 2.41 bits per heavy atom. The Hall–Kier alpha value is -0.130. The third-order valence-electron chi connectivity index (χ3n) is 4.15. The van der Waals surface area contributed by atoms with Gasteiger partial charge >= 0.3 is 0 Å². The average molecular weight is 261 g/mol. The lowest BCUT2D eigenvalue weighted by molar-refractivity contribution is 0.126. The summed E-state index contributed by atoms with van der Waals surface area (Å²) in [5.74, 6) is 0. The van der Waals surface area contributed by atoms with Gasteiger partial charge in [-0.3, -0.25) is 0 Å². The van der Waals surface area contributed by atoms with E-state index in [1.165, 1.54) is 0 Å². The van der Waals surface area contributed by atoms with Gasteiger partial charge in [-0.25, -0.2) is 8.42 Å². The normalized spacial score (nSPS) is 40.1. The molecule has 1 aliphatic carbocycles. The predicted octanol–water partition coefficient (Wildman–Crippen LogP) is 1.24. The molecule has 1 saturated heterocycles. The quantitative estimate of drug-likeness (QED) is 0.759. The van der Waals surface area contributed by atoms with Gasteiger partial charge in [-0.05, 0) is 26.2 Å². The van der Waals surface area contributed by atoms with E-state index in [9.17, 15) is 8.42 Å². The molecular formula is C12H23NO3S. The number of sulfone groups is 1. The Morgan fingerprint density at radius 2 is 1.76 bits per heavy atom. The highest BCUT2D eigenvalue weighted by Gasteiger charge is 2.42. The van der Waals surface area contributed by atoms with Gasteiger partial charge in [0.15, 0.2) is 9.84 Å². The van der Waals surface area contributed by atoms with Gasteiger partial charge in [-0.2, -0.15) is 0 Å². The molecule has 100 valence electrons. The fraction of sp³-hybridized carbons (Fsp3) is 1.00. The van der Waals surface area contributed by atoms with Crippen LogP contribution >= 0.6 is 0 Å². The van der Waals surface area contributed by atoms with E-state index >= 15 is 0 Å². The lowest BCUT2D eigenvalue weighted by Gasteiger charge is -2.26. The number of hydrogen-bond donors (Lipinski definition) is 1. The Kier molecular flexibility index (Phi) is 4.10. The van der Waals surface area contributed by atoms with E-state index in [1.54, 1.807) is 0 Å². The standard InChI is InChI=1S/C12H23NO3S/c1-9-11(7-8-16-9)17(14,15)12-6-4-2-3-5-10(12)13/h9-12H,2-8,13H2,1H3. The second-order valence-corrected chi connectivity index (χ2v) is 7.72. The van der Waals surface area contributed by atoms with Gasteiger partial charge in [0.2, 0.25) is 0 Å². The molecule has 2 fully saturated rings. The second-order valence-electron chi connectivity index (χ2n) is 5.33. The van der Waals surface area contributed by atoms with Crippen molar-refractivity contribution in [2.75, 3.05) is 6.61 Å². The van der Waals surface area contributed by atoms with Gasteiger partial charge in [-0.15, -0.1) is 0 Å². The zero-order valence-corrected chi connectivity index (χ0v) is 11.3. The summed E-state index contributed by atoms with van der Waals surface area (Å²) in [6.07, 6.45) is 5.18. The molecule has 0 aromatic heterocycles. The maximum Gasteiger partial charge on any atom is 0.160 e. The van der Waals surface area contributed by atoms with Gasteiger partial charge in [0.25, 0.3) is 0 Å². The van der Waals surface area contributed by atoms with E-state index in [0.29, 0.717) is 13.0 Å². The van der Waals surface area contributed by atoms with Crippen LogP contribution < -0.4 is 5.73 Å². The first-order chi connectivity index (χ1) is 8.03. The van der Waals surface area contributed by atoms with Crippen LogP contribution in [-0.2, 0) is 14.6 Å². The van der Waals surface area contributed by atoms with Crippen molar-refractivity contribution in [1.82, 2.24) is 0 Å². The zero-order valence-electron chi connectivity index (χ0n) is 10.5. The molecule has 1 saturated carbocycles. The molecule has 2 rings (SSSR count). The van der Waals surface area contributed by atoms with E-state index in [4.69, 9.17) is 10.5 Å². The second kappa shape index (κ2) is 5.24. The maximum absolute atomic E-state index is 12.6. The highest BCUT2D eigenvalue weighted by atomic mass is 32.2. The fourth-order valence-electron chi connectivity index (χ4n) is 3.08. The SMILES string of the molecule is CC1OCCC1S(=O)(=O)C1CCCCCC1N. The summed E-state index contributed by atoms with van der Waals surface area (Å²) >= 11 is 0. The summed E-state index contributed by atoms with van der Waals surface area (Å²) in [6, 6.07) is -0.185. The van der Waals surface area contributed by atoms with Crippen LogP contribution in [-0.4, -0.2) is 37.7 Å². The molecule has 17 heavy (non-hydrogen) atoms. The van der Waals surface area contributed by atoms with Crippen molar-refractivity contribution in [1.29, 1.82) is 0 Å². The lowest BCUT2D eigenvalue weighted by Crippen LogP contribution is -2.45. The van der Waals surface area contributed by atoms with Crippen molar-refractivity contribution >= 4 is 9.84 Å². The third-order valence-corrected chi connectivity index (χ3v) is 7.05. The monoisotopic (exact) mass is 261 g/mol. The molecule has 0 spiro atoms. The Bertz CT molecular complexity index is 355. The fourth-order valence-corrected chi connectivity index (χ4v) is 5.68. The molecule has 1 heterocycles. The molecular weight excluding hydrogens is 238 g/mol. The summed E-state index contributed by atoms with van der Waals surface area (Å²) < 4.78 is 30.6. The largest absolute Gasteiger partial charge is 0.377 e. The minimum absolute atomic E-state index is 0.171. The summed E-state index contributed by atoms with van der Waals surface area (Å²) in [5, 5.41) is -0.684. The molecule has 4 nitrogen and oxygen atoms in total. The van der Waals surface area contributed by atoms with Crippen LogP contribution in [0, 0.1) is 0 Å². The molecule has 2 aliphatic rings.